The van der Waals surface area contributed by atoms with Crippen molar-refractivity contribution >= 4 is 34.7 Å². The molecule has 204 valence electrons. The highest BCUT2D eigenvalue weighted by Crippen LogP contribution is 2.24. The van der Waals surface area contributed by atoms with Gasteiger partial charge in [0.15, 0.2) is 0 Å². The van der Waals surface area contributed by atoms with Crippen LogP contribution in [0.1, 0.15) is 57.8 Å². The Balaban J connectivity index is 1.29. The maximum absolute atomic E-state index is 13.1. The van der Waals surface area contributed by atoms with E-state index in [0.29, 0.717) is 30.8 Å². The summed E-state index contributed by atoms with van der Waals surface area (Å²) in [5.74, 6) is -0.331. The second kappa shape index (κ2) is 13.5. The summed E-state index contributed by atoms with van der Waals surface area (Å²) in [6, 6.07) is 15.8. The lowest BCUT2D eigenvalue weighted by Crippen LogP contribution is -2.09. The Hall–Kier alpha value is -4.81. The van der Waals surface area contributed by atoms with Crippen LogP contribution in [-0.4, -0.2) is 21.9 Å². The van der Waals surface area contributed by atoms with Crippen molar-refractivity contribution < 1.29 is 19.1 Å². The number of ether oxygens (including phenoxy) is 2. The van der Waals surface area contributed by atoms with Crippen LogP contribution >= 0.6 is 11.6 Å². The van der Waals surface area contributed by atoms with E-state index in [1.54, 1.807) is 24.5 Å². The molecule has 0 amide bonds. The van der Waals surface area contributed by atoms with Crippen LogP contribution in [0.2, 0.25) is 5.02 Å². The number of rotatable bonds is 6. The summed E-state index contributed by atoms with van der Waals surface area (Å²) in [4.78, 5) is 34.9. The van der Waals surface area contributed by atoms with Gasteiger partial charge in [-0.05, 0) is 103 Å². The zero-order chi connectivity index (χ0) is 28.4. The van der Waals surface area contributed by atoms with Crippen LogP contribution in [0.5, 0.6) is 0 Å². The van der Waals surface area contributed by atoms with Crippen molar-refractivity contribution in [2.45, 2.75) is 25.7 Å². The van der Waals surface area contributed by atoms with Crippen molar-refractivity contribution in [1.82, 2.24) is 9.97 Å². The number of hydrogen-bond donors (Lipinski definition) is 0. The first-order valence-electron chi connectivity index (χ1n) is 13.3. The van der Waals surface area contributed by atoms with E-state index in [1.165, 1.54) is 18.2 Å². The molecule has 0 saturated heterocycles. The Morgan fingerprint density at radius 2 is 1.39 bits per heavy atom. The topological polar surface area (TPSA) is 78.4 Å². The smallest absolute Gasteiger partial charge is 0.343 e. The molecule has 0 bridgehead atoms. The van der Waals surface area contributed by atoms with E-state index in [4.69, 9.17) is 21.1 Å². The first kappa shape index (κ1) is 27.7. The van der Waals surface area contributed by atoms with Crippen molar-refractivity contribution in [2.75, 3.05) is 0 Å². The van der Waals surface area contributed by atoms with Crippen LogP contribution in [-0.2, 0) is 9.47 Å². The van der Waals surface area contributed by atoms with Crippen LogP contribution in [0.15, 0.2) is 127 Å². The van der Waals surface area contributed by atoms with Crippen molar-refractivity contribution in [3.63, 3.8) is 0 Å². The maximum Gasteiger partial charge on any atom is 0.343 e. The van der Waals surface area contributed by atoms with Gasteiger partial charge in [0.2, 0.25) is 0 Å². The third kappa shape index (κ3) is 7.65. The minimum Gasteiger partial charge on any atom is -0.427 e. The number of carbonyl (C=O) groups is 2. The molecular formula is C34H27ClN2O4. The number of esters is 2. The van der Waals surface area contributed by atoms with Gasteiger partial charge in [0, 0.05) is 23.8 Å². The van der Waals surface area contributed by atoms with Crippen molar-refractivity contribution in [3.05, 3.63) is 155 Å². The van der Waals surface area contributed by atoms with Gasteiger partial charge in [-0.15, -0.1) is 0 Å². The molecule has 6 nitrogen and oxygen atoms in total. The molecule has 0 aliphatic heterocycles. The van der Waals surface area contributed by atoms with Gasteiger partial charge in [-0.3, -0.25) is 9.97 Å². The lowest BCUT2D eigenvalue weighted by Gasteiger charge is -2.12. The molecule has 3 aromatic rings. The second-order valence-corrected chi connectivity index (χ2v) is 9.75. The van der Waals surface area contributed by atoms with E-state index in [2.05, 4.69) is 16.0 Å². The van der Waals surface area contributed by atoms with E-state index in [-0.39, 0.29) is 16.1 Å². The minimum absolute atomic E-state index is 0.146. The van der Waals surface area contributed by atoms with E-state index >= 15 is 0 Å². The maximum atomic E-state index is 13.1. The number of benzene rings is 1. The molecule has 2 aliphatic rings. The Labute approximate surface area is 243 Å². The average molecular weight is 563 g/mol. The highest BCUT2D eigenvalue weighted by atomic mass is 35.5. The van der Waals surface area contributed by atoms with Gasteiger partial charge in [-0.1, -0.05) is 42.0 Å². The van der Waals surface area contributed by atoms with Gasteiger partial charge in [-0.25, -0.2) is 9.59 Å². The van der Waals surface area contributed by atoms with Crippen LogP contribution in [0, 0.1) is 0 Å². The molecule has 5 rings (SSSR count). The molecule has 0 fully saturated rings. The Kier molecular flexibility index (Phi) is 9.14. The number of nitrogens with zero attached hydrogens (tertiary/aromatic N) is 2. The fraction of sp³-hybridized carbons (Fsp3) is 0.118. The summed E-state index contributed by atoms with van der Waals surface area (Å²) in [5.41, 5.74) is 3.82. The fourth-order valence-electron chi connectivity index (χ4n) is 4.29. The highest BCUT2D eigenvalue weighted by Gasteiger charge is 2.17. The first-order valence-corrected chi connectivity index (χ1v) is 13.7. The van der Waals surface area contributed by atoms with E-state index in [1.807, 2.05) is 66.8 Å². The van der Waals surface area contributed by atoms with Crippen LogP contribution in [0.25, 0.3) is 11.1 Å². The minimum atomic E-state index is -0.625. The van der Waals surface area contributed by atoms with Gasteiger partial charge < -0.3 is 9.47 Å². The Morgan fingerprint density at radius 3 is 2.10 bits per heavy atom. The monoisotopic (exact) mass is 562 g/mol. The van der Waals surface area contributed by atoms with E-state index in [9.17, 15) is 9.59 Å². The molecule has 0 spiro atoms. The van der Waals surface area contributed by atoms with Gasteiger partial charge in [0.1, 0.15) is 11.5 Å². The number of carbonyl (C=O) groups excluding carboxylic acids is 2. The molecule has 2 aromatic heterocycles. The molecular weight excluding hydrogens is 536 g/mol. The predicted molar refractivity (Wildman–Crippen MR) is 160 cm³/mol. The van der Waals surface area contributed by atoms with Gasteiger partial charge in [0.25, 0.3) is 0 Å². The first-order chi connectivity index (χ1) is 20.0. The van der Waals surface area contributed by atoms with Crippen molar-refractivity contribution in [2.24, 2.45) is 0 Å². The average Bonchev–Trinajstić information content (AvgIpc) is 2.96. The van der Waals surface area contributed by atoms with Crippen LogP contribution in [0.3, 0.4) is 0 Å². The molecule has 7 heteroatoms. The number of allylic oxidation sites excluding steroid dienone is 11. The molecule has 0 atom stereocenters. The molecule has 0 unspecified atom stereocenters. The SMILES string of the molecule is O=C(OC1=C/CC/C=C(c2ccccn2)/C=C\1)c1cc(Cl)cc(C(=O)O/C2=C/C=C(/c3ccccn3)C=CCC2)c1. The quantitative estimate of drug-likeness (QED) is 0.283. The molecule has 2 aliphatic carbocycles. The highest BCUT2D eigenvalue weighted by molar-refractivity contribution is 6.31. The van der Waals surface area contributed by atoms with E-state index < -0.39 is 11.9 Å². The number of aromatic nitrogens is 2. The summed E-state index contributed by atoms with van der Waals surface area (Å²) < 4.78 is 11.4. The Bertz CT molecular complexity index is 1620. The summed E-state index contributed by atoms with van der Waals surface area (Å²) in [6.45, 7) is 0. The summed E-state index contributed by atoms with van der Waals surface area (Å²) in [6.07, 6.45) is 21.4. The lowest BCUT2D eigenvalue weighted by molar-refractivity contribution is 0.0614. The number of pyridine rings is 2. The number of halogens is 1. The Morgan fingerprint density at radius 1 is 0.707 bits per heavy atom. The second-order valence-electron chi connectivity index (χ2n) is 9.31. The zero-order valence-electron chi connectivity index (χ0n) is 22.2. The zero-order valence-corrected chi connectivity index (χ0v) is 23.0. The summed E-state index contributed by atoms with van der Waals surface area (Å²) in [5, 5.41) is 0.223. The fourth-order valence-corrected chi connectivity index (χ4v) is 4.52. The standard InChI is InChI=1S/C34H27ClN2O4/c35-28-22-26(33(38)40-29-11-3-1-9-24(15-17-29)31-13-5-7-19-36-31)21-27(23-28)34(39)41-30-12-4-2-10-25(16-18-30)32-14-6-8-20-37-32/h1,5-10,12-23H,2-4,11H2/b9-1?,18-16-,24-15+,25-10-,29-17+,30-12+. The molecule has 1 aromatic carbocycles. The van der Waals surface area contributed by atoms with Gasteiger partial charge in [0.05, 0.1) is 22.5 Å². The molecule has 41 heavy (non-hydrogen) atoms. The van der Waals surface area contributed by atoms with Crippen molar-refractivity contribution in [3.8, 4) is 0 Å². The van der Waals surface area contributed by atoms with E-state index in [0.717, 1.165) is 29.0 Å². The molecule has 0 N–H and O–H groups in total. The molecule has 0 saturated carbocycles. The normalized spacial score (nSPS) is 21.0. The number of hydrogen-bond acceptors (Lipinski definition) is 6. The lowest BCUT2D eigenvalue weighted by atomic mass is 10.1. The van der Waals surface area contributed by atoms with Gasteiger partial charge in [-0.2, -0.15) is 0 Å². The van der Waals surface area contributed by atoms with Crippen LogP contribution in [0.4, 0.5) is 0 Å². The largest absolute Gasteiger partial charge is 0.427 e. The van der Waals surface area contributed by atoms with Crippen molar-refractivity contribution in [1.29, 1.82) is 0 Å². The molecule has 0 radical (unpaired) electrons. The summed E-state index contributed by atoms with van der Waals surface area (Å²) >= 11 is 6.29. The third-order valence-electron chi connectivity index (χ3n) is 6.33. The van der Waals surface area contributed by atoms with Gasteiger partial charge >= 0.3 is 11.9 Å². The predicted octanol–water partition coefficient (Wildman–Crippen LogP) is 8.08. The molecule has 2 heterocycles. The van der Waals surface area contributed by atoms with Crippen LogP contribution < -0.4 is 0 Å². The third-order valence-corrected chi connectivity index (χ3v) is 6.55. The summed E-state index contributed by atoms with van der Waals surface area (Å²) in [7, 11) is 0.